The number of carbonyl (C=O) groups is 4. The second kappa shape index (κ2) is 12.6. The van der Waals surface area contributed by atoms with E-state index in [1.165, 1.54) is 0 Å². The Labute approximate surface area is 245 Å². The fourth-order valence-electron chi connectivity index (χ4n) is 3.71. The number of anilines is 1. The molecule has 1 aromatic carbocycles. The Morgan fingerprint density at radius 1 is 1.08 bits per heavy atom. The summed E-state index contributed by atoms with van der Waals surface area (Å²) in [4.78, 5) is 52.5. The molecule has 39 heavy (non-hydrogen) atoms. The van der Waals surface area contributed by atoms with Gasteiger partial charge in [0.05, 0.1) is 12.7 Å². The first-order valence-electron chi connectivity index (χ1n) is 11.9. The summed E-state index contributed by atoms with van der Waals surface area (Å²) < 4.78 is 8.31. The molecule has 1 aliphatic heterocycles. The zero-order chi connectivity index (χ0) is 29.0. The first-order chi connectivity index (χ1) is 18.2. The van der Waals surface area contributed by atoms with Crippen molar-refractivity contribution in [2.24, 2.45) is 0 Å². The number of hydrogen-bond donors (Lipinski definition) is 3. The maximum Gasteiger partial charge on any atom is 0.410 e. The Hall–Kier alpha value is -2.73. The highest BCUT2D eigenvalue weighted by atomic mass is 35.6. The number of nitrogens with one attached hydrogen (secondary N) is 3. The van der Waals surface area contributed by atoms with Gasteiger partial charge in [0.15, 0.2) is 0 Å². The monoisotopic (exact) mass is 618 g/mol. The fourth-order valence-corrected chi connectivity index (χ4v) is 4.91. The predicted molar refractivity (Wildman–Crippen MR) is 152 cm³/mol. The average Bonchev–Trinajstić information content (AvgIpc) is 3.26. The molecule has 0 bridgehead atoms. The van der Waals surface area contributed by atoms with Gasteiger partial charge in [0.1, 0.15) is 16.4 Å². The van der Waals surface area contributed by atoms with Gasteiger partial charge in [-0.25, -0.2) is 9.59 Å². The predicted octanol–water partition coefficient (Wildman–Crippen LogP) is 5.57. The third-order valence-corrected chi connectivity index (χ3v) is 7.09. The molecule has 5 amide bonds. The molecule has 10 nitrogen and oxygen atoms in total. The maximum atomic E-state index is 13.4. The Bertz CT molecular complexity index is 1220. The zero-order valence-corrected chi connectivity index (χ0v) is 24.8. The summed E-state index contributed by atoms with van der Waals surface area (Å²) in [5, 5.41) is 7.55. The molecule has 3 N–H and O–H groups in total. The van der Waals surface area contributed by atoms with Crippen LogP contribution in [0.4, 0.5) is 14.6 Å². The van der Waals surface area contributed by atoms with Gasteiger partial charge in [-0.15, -0.1) is 11.3 Å². The number of nitrogens with zero attached hydrogens (tertiary/aromatic N) is 1. The first kappa shape index (κ1) is 30.8. The molecule has 0 saturated carbocycles. The Kier molecular flexibility index (Phi) is 9.98. The summed E-state index contributed by atoms with van der Waals surface area (Å²) in [6.07, 6.45) is 0.885. The largest absolute Gasteiger partial charge is 0.497 e. The van der Waals surface area contributed by atoms with Gasteiger partial charge in [-0.05, 0) is 69.5 Å². The Morgan fingerprint density at radius 3 is 2.33 bits per heavy atom. The van der Waals surface area contributed by atoms with Crippen molar-refractivity contribution in [3.63, 3.8) is 0 Å². The molecule has 0 unspecified atom stereocenters. The van der Waals surface area contributed by atoms with Crippen LogP contribution in [-0.2, 0) is 9.53 Å². The highest BCUT2D eigenvalue weighted by molar-refractivity contribution is 7.20. The minimum Gasteiger partial charge on any atom is -0.497 e. The highest BCUT2D eigenvalue weighted by Gasteiger charge is 2.33. The molecule has 1 atom stereocenters. The molecule has 0 radical (unpaired) electrons. The van der Waals surface area contributed by atoms with Gasteiger partial charge in [0, 0.05) is 24.0 Å². The number of imide groups is 1. The normalized spacial score (nSPS) is 15.8. The van der Waals surface area contributed by atoms with Gasteiger partial charge < -0.3 is 19.7 Å². The molecule has 0 spiro atoms. The molecule has 14 heteroatoms. The summed E-state index contributed by atoms with van der Waals surface area (Å²) in [5.74, 6) is -0.958. The molecule has 1 aromatic heterocycles. The van der Waals surface area contributed by atoms with Crippen LogP contribution in [0.25, 0.3) is 10.4 Å². The second-order valence-corrected chi connectivity index (χ2v) is 13.1. The molecule has 0 aliphatic carbocycles. The number of likely N-dealkylation sites (tertiary alicyclic amines) is 1. The van der Waals surface area contributed by atoms with Crippen molar-refractivity contribution < 1.29 is 28.7 Å². The molecular formula is C25H29Cl3N4O6S. The average molecular weight is 620 g/mol. The van der Waals surface area contributed by atoms with Crippen molar-refractivity contribution in [3.8, 4) is 16.2 Å². The third kappa shape index (κ3) is 8.89. The number of hydrogen-bond acceptors (Lipinski definition) is 7. The second-order valence-electron chi connectivity index (χ2n) is 9.73. The van der Waals surface area contributed by atoms with Crippen LogP contribution in [0.3, 0.4) is 0 Å². The lowest BCUT2D eigenvalue weighted by Gasteiger charge is -2.34. The maximum absolute atomic E-state index is 13.4. The topological polar surface area (TPSA) is 126 Å². The third-order valence-electron chi connectivity index (χ3n) is 5.47. The van der Waals surface area contributed by atoms with Crippen LogP contribution < -0.4 is 20.7 Å². The van der Waals surface area contributed by atoms with Crippen molar-refractivity contribution >= 4 is 75.1 Å². The molecule has 2 heterocycles. The summed E-state index contributed by atoms with van der Waals surface area (Å²) >= 11 is 17.7. The van der Waals surface area contributed by atoms with Crippen molar-refractivity contribution in [2.45, 2.75) is 49.0 Å². The van der Waals surface area contributed by atoms with Crippen LogP contribution in [0.5, 0.6) is 5.75 Å². The van der Waals surface area contributed by atoms with Crippen LogP contribution in [0, 0.1) is 0 Å². The molecular weight excluding hydrogens is 591 g/mol. The van der Waals surface area contributed by atoms with Crippen LogP contribution in [0.15, 0.2) is 30.3 Å². The summed E-state index contributed by atoms with van der Waals surface area (Å²) in [6, 6.07) is 7.46. The first-order valence-corrected chi connectivity index (χ1v) is 13.9. The molecule has 3 rings (SSSR count). The number of methoxy groups -OCH3 is 1. The number of alkyl halides is 3. The number of piperidine rings is 1. The number of rotatable bonds is 5. The zero-order valence-electron chi connectivity index (χ0n) is 21.7. The van der Waals surface area contributed by atoms with E-state index in [0.717, 1.165) is 16.9 Å². The number of ether oxygens (including phenoxy) is 2. The lowest BCUT2D eigenvalue weighted by atomic mass is 10.1. The smallest absolute Gasteiger partial charge is 0.410 e. The van der Waals surface area contributed by atoms with E-state index in [-0.39, 0.29) is 23.2 Å². The van der Waals surface area contributed by atoms with E-state index in [0.29, 0.717) is 30.0 Å². The summed E-state index contributed by atoms with van der Waals surface area (Å²) in [7, 11) is 1.55. The number of halogens is 3. The SMILES string of the molecule is COc1ccc(-c2cc(C(=O)N[C@H]3CCCN(C(=O)OC(C)(C)C)C3)c(NC(=O)NC(=O)C(Cl)(Cl)Cl)s2)cc1. The van der Waals surface area contributed by atoms with Gasteiger partial charge in [-0.2, -0.15) is 0 Å². The van der Waals surface area contributed by atoms with E-state index in [1.807, 2.05) is 17.4 Å². The minimum absolute atomic E-state index is 0.164. The van der Waals surface area contributed by atoms with Gasteiger partial charge in [-0.1, -0.05) is 34.8 Å². The molecule has 1 fully saturated rings. The van der Waals surface area contributed by atoms with Crippen LogP contribution >= 0.6 is 46.1 Å². The van der Waals surface area contributed by atoms with Crippen molar-refractivity contribution in [3.05, 3.63) is 35.9 Å². The van der Waals surface area contributed by atoms with E-state index in [4.69, 9.17) is 44.3 Å². The van der Waals surface area contributed by atoms with Crippen LogP contribution in [-0.4, -0.2) is 64.5 Å². The van der Waals surface area contributed by atoms with Gasteiger partial charge in [0.2, 0.25) is 0 Å². The van der Waals surface area contributed by atoms with E-state index >= 15 is 0 Å². The van der Waals surface area contributed by atoms with E-state index < -0.39 is 33.3 Å². The lowest BCUT2D eigenvalue weighted by Crippen LogP contribution is -2.50. The van der Waals surface area contributed by atoms with Gasteiger partial charge in [-0.3, -0.25) is 20.2 Å². The standard InChI is InChI=1S/C25H29Cl3N4O6S/c1-24(2,3)38-23(36)32-11-5-6-15(13-32)29-19(33)17-12-18(14-7-9-16(37-4)10-8-14)39-20(17)30-22(35)31-21(34)25(26,27)28/h7-10,12,15H,5-6,11,13H2,1-4H3,(H,29,33)(H2,30,31,34,35)/t15-/m0/s1. The summed E-state index contributed by atoms with van der Waals surface area (Å²) in [6.45, 7) is 6.16. The molecule has 1 saturated heterocycles. The number of benzene rings is 1. The Balaban J connectivity index is 1.81. The summed E-state index contributed by atoms with van der Waals surface area (Å²) in [5.41, 5.74) is 0.298. The molecule has 2 aromatic rings. The van der Waals surface area contributed by atoms with Crippen molar-refractivity contribution in [2.75, 3.05) is 25.5 Å². The van der Waals surface area contributed by atoms with E-state index in [1.54, 1.807) is 51.0 Å². The van der Waals surface area contributed by atoms with Crippen LogP contribution in [0.1, 0.15) is 44.0 Å². The van der Waals surface area contributed by atoms with Crippen LogP contribution in [0.2, 0.25) is 0 Å². The highest BCUT2D eigenvalue weighted by Crippen LogP contribution is 2.36. The number of thiophene rings is 1. The number of urea groups is 1. The van der Waals surface area contributed by atoms with E-state index in [2.05, 4.69) is 10.6 Å². The van der Waals surface area contributed by atoms with Gasteiger partial charge in [0.25, 0.3) is 15.6 Å². The van der Waals surface area contributed by atoms with Crippen molar-refractivity contribution in [1.82, 2.24) is 15.5 Å². The lowest BCUT2D eigenvalue weighted by molar-refractivity contribution is -0.119. The van der Waals surface area contributed by atoms with E-state index in [9.17, 15) is 19.2 Å². The number of carbonyl (C=O) groups excluding carboxylic acids is 4. The van der Waals surface area contributed by atoms with Gasteiger partial charge >= 0.3 is 12.1 Å². The Morgan fingerprint density at radius 2 is 1.74 bits per heavy atom. The molecule has 1 aliphatic rings. The fraction of sp³-hybridized carbons (Fsp3) is 0.440. The minimum atomic E-state index is -2.34. The molecule has 212 valence electrons. The quantitative estimate of drug-likeness (QED) is 0.376. The number of amides is 5. The van der Waals surface area contributed by atoms with Crippen molar-refractivity contribution in [1.29, 1.82) is 0 Å².